The maximum atomic E-state index is 10.9. The van der Waals surface area contributed by atoms with E-state index in [0.29, 0.717) is 0 Å². The van der Waals surface area contributed by atoms with Crippen molar-refractivity contribution in [1.29, 1.82) is 0 Å². The first-order valence-corrected chi connectivity index (χ1v) is 6.37. The highest BCUT2D eigenvalue weighted by Crippen LogP contribution is 2.33. The molecule has 0 heterocycles. The van der Waals surface area contributed by atoms with Crippen LogP contribution in [-0.2, 0) is 3.07 Å². The fourth-order valence-electron chi connectivity index (χ4n) is 1.02. The van der Waals surface area contributed by atoms with Gasteiger partial charge in [-0.3, -0.25) is 3.07 Å². The van der Waals surface area contributed by atoms with Gasteiger partial charge in [0.1, 0.15) is 0 Å². The molecule has 1 aromatic rings. The number of carboxylic acid groups (broad SMARTS) is 2. The number of aromatic carboxylic acids is 2. The number of hydrogen-bond donors (Lipinski definition) is 2. The predicted molar refractivity (Wildman–Crippen MR) is 63.8 cm³/mol. The summed E-state index contributed by atoms with van der Waals surface area (Å²) < 4.78 is 10.8. The van der Waals surface area contributed by atoms with Crippen molar-refractivity contribution in [3.05, 3.63) is 30.8 Å². The van der Waals surface area contributed by atoms with Gasteiger partial charge in [-0.05, 0) is 6.07 Å². The van der Waals surface area contributed by atoms with Crippen LogP contribution in [0.25, 0.3) is 0 Å². The smallest absolute Gasteiger partial charge is 0.338 e. The first-order chi connectivity index (χ1) is 7.40. The van der Waals surface area contributed by atoms with Crippen LogP contribution in [0.2, 0.25) is 10.0 Å². The molecule has 0 fully saturated rings. The normalized spacial score (nSPS) is 10.1. The van der Waals surface area contributed by atoms with E-state index in [4.69, 9.17) is 33.4 Å². The Morgan fingerprint density at radius 2 is 1.75 bits per heavy atom. The van der Waals surface area contributed by atoms with E-state index in [-0.39, 0.29) is 8.59 Å². The number of benzene rings is 1. The zero-order valence-electron chi connectivity index (χ0n) is 7.33. The molecule has 86 valence electrons. The van der Waals surface area contributed by atoms with Crippen LogP contribution in [-0.4, -0.2) is 22.2 Å². The monoisotopic (exact) mass is 376 g/mol. The standard InChI is InChI=1S/C8H3Cl2IO5/c9-3-1-2(7(12)13)5(10)4(8(14)15)6(3)11-16/h1H,(H,12,13)(H,14,15). The molecule has 5 nitrogen and oxygen atoms in total. The van der Waals surface area contributed by atoms with E-state index in [1.165, 1.54) is 0 Å². The zero-order valence-corrected chi connectivity index (χ0v) is 11.0. The molecule has 0 radical (unpaired) electrons. The van der Waals surface area contributed by atoms with Crippen LogP contribution in [0, 0.1) is 3.57 Å². The third kappa shape index (κ3) is 2.33. The summed E-state index contributed by atoms with van der Waals surface area (Å²) in [6.45, 7) is 0. The van der Waals surface area contributed by atoms with Gasteiger partial charge in [-0.1, -0.05) is 23.2 Å². The fourth-order valence-corrected chi connectivity index (χ4v) is 2.98. The van der Waals surface area contributed by atoms with Crippen molar-refractivity contribution in [1.82, 2.24) is 0 Å². The van der Waals surface area contributed by atoms with Gasteiger partial charge in [0.25, 0.3) is 0 Å². The van der Waals surface area contributed by atoms with Gasteiger partial charge in [-0.15, -0.1) is 0 Å². The van der Waals surface area contributed by atoms with Gasteiger partial charge < -0.3 is 10.2 Å². The third-order valence-corrected chi connectivity index (χ3v) is 4.25. The highest BCUT2D eigenvalue weighted by molar-refractivity contribution is 14.1. The zero-order chi connectivity index (χ0) is 12.5. The second-order valence-electron chi connectivity index (χ2n) is 2.60. The summed E-state index contributed by atoms with van der Waals surface area (Å²) in [5.74, 6) is -2.86. The maximum absolute atomic E-state index is 10.9. The van der Waals surface area contributed by atoms with E-state index >= 15 is 0 Å². The number of hydrogen-bond acceptors (Lipinski definition) is 3. The molecule has 2 N–H and O–H groups in total. The summed E-state index contributed by atoms with van der Waals surface area (Å²) in [7, 11) is 0. The van der Waals surface area contributed by atoms with E-state index in [2.05, 4.69) is 0 Å². The SMILES string of the molecule is O=Ic1c(Cl)cc(C(=O)O)c(Cl)c1C(=O)O. The number of carboxylic acids is 2. The van der Waals surface area contributed by atoms with Gasteiger partial charge in [0, 0.05) is 0 Å². The molecule has 0 saturated carbocycles. The first kappa shape index (κ1) is 13.3. The Balaban J connectivity index is 3.72. The van der Waals surface area contributed by atoms with Crippen molar-refractivity contribution in [3.8, 4) is 0 Å². The topological polar surface area (TPSA) is 91.7 Å². The molecule has 0 aliphatic heterocycles. The Hall–Kier alpha value is -0.730. The molecule has 0 aromatic heterocycles. The highest BCUT2D eigenvalue weighted by Gasteiger charge is 2.24. The quantitative estimate of drug-likeness (QED) is 0.625. The first-order valence-electron chi connectivity index (χ1n) is 3.65. The Bertz CT molecular complexity index is 500. The minimum Gasteiger partial charge on any atom is -0.478 e. The second-order valence-corrected chi connectivity index (χ2v) is 4.90. The molecule has 1 rings (SSSR count). The molecule has 0 saturated heterocycles. The van der Waals surface area contributed by atoms with Crippen LogP contribution in [0.5, 0.6) is 0 Å². The van der Waals surface area contributed by atoms with Gasteiger partial charge in [0.15, 0.2) is 21.2 Å². The lowest BCUT2D eigenvalue weighted by atomic mass is 10.1. The summed E-state index contributed by atoms with van der Waals surface area (Å²) in [5.41, 5.74) is -0.931. The van der Waals surface area contributed by atoms with Crippen LogP contribution in [0.15, 0.2) is 6.07 Å². The molecule has 8 heteroatoms. The van der Waals surface area contributed by atoms with Crippen LogP contribution in [0.4, 0.5) is 0 Å². The molecule has 1 aromatic carbocycles. The lowest BCUT2D eigenvalue weighted by Crippen LogP contribution is -2.07. The van der Waals surface area contributed by atoms with Gasteiger partial charge in [0.05, 0.1) is 24.7 Å². The van der Waals surface area contributed by atoms with E-state index < -0.39 is 49.3 Å². The Morgan fingerprint density at radius 1 is 1.19 bits per heavy atom. The molecular weight excluding hydrogens is 374 g/mol. The summed E-state index contributed by atoms with van der Waals surface area (Å²) in [4.78, 5) is 21.6. The molecule has 0 atom stereocenters. The molecular formula is C8H3Cl2IO5. The molecule has 0 aliphatic carbocycles. The average Bonchev–Trinajstić information content (AvgIpc) is 2.19. The van der Waals surface area contributed by atoms with Crippen LogP contribution >= 0.6 is 44.4 Å². The highest BCUT2D eigenvalue weighted by atomic mass is 127. The second kappa shape index (κ2) is 5.07. The fraction of sp³-hybridized carbons (Fsp3) is 0. The van der Waals surface area contributed by atoms with Gasteiger partial charge in [-0.2, -0.15) is 0 Å². The number of halogens is 3. The maximum Gasteiger partial charge on any atom is 0.338 e. The Kier molecular flexibility index (Phi) is 4.22. The largest absolute Gasteiger partial charge is 0.478 e. The summed E-state index contributed by atoms with van der Waals surface area (Å²) >= 11 is 9.39. The summed E-state index contributed by atoms with van der Waals surface area (Å²) in [6.07, 6.45) is 0. The van der Waals surface area contributed by atoms with E-state index in [1.807, 2.05) is 0 Å². The summed E-state index contributed by atoms with van der Waals surface area (Å²) in [5, 5.41) is 17.0. The van der Waals surface area contributed by atoms with Gasteiger partial charge in [0.2, 0.25) is 0 Å². The van der Waals surface area contributed by atoms with Crippen LogP contribution in [0.1, 0.15) is 20.7 Å². The molecule has 0 bridgehead atoms. The average molecular weight is 377 g/mol. The minimum atomic E-state index is -1.86. The molecule has 0 amide bonds. The molecule has 0 spiro atoms. The van der Waals surface area contributed by atoms with Crippen molar-refractivity contribution in [3.63, 3.8) is 0 Å². The van der Waals surface area contributed by atoms with Crippen molar-refractivity contribution in [2.24, 2.45) is 0 Å². The molecule has 0 unspecified atom stereocenters. The number of rotatable bonds is 3. The van der Waals surface area contributed by atoms with Gasteiger partial charge in [-0.25, -0.2) is 9.59 Å². The van der Waals surface area contributed by atoms with Crippen molar-refractivity contribution < 1.29 is 22.9 Å². The minimum absolute atomic E-state index is 0.108. The lowest BCUT2D eigenvalue weighted by molar-refractivity contribution is 0.0695. The molecule has 0 aliphatic rings. The predicted octanol–water partition coefficient (Wildman–Crippen LogP) is 2.88. The Labute approximate surface area is 110 Å². The van der Waals surface area contributed by atoms with E-state index in [0.717, 1.165) is 6.07 Å². The lowest BCUT2D eigenvalue weighted by Gasteiger charge is -2.07. The van der Waals surface area contributed by atoms with E-state index in [1.54, 1.807) is 0 Å². The third-order valence-electron chi connectivity index (χ3n) is 1.68. The molecule has 16 heavy (non-hydrogen) atoms. The van der Waals surface area contributed by atoms with Crippen molar-refractivity contribution in [2.45, 2.75) is 0 Å². The van der Waals surface area contributed by atoms with Crippen molar-refractivity contribution >= 4 is 56.3 Å². The van der Waals surface area contributed by atoms with Crippen molar-refractivity contribution in [2.75, 3.05) is 0 Å². The summed E-state index contributed by atoms with van der Waals surface area (Å²) in [6, 6.07) is 0.992. The van der Waals surface area contributed by atoms with Crippen LogP contribution < -0.4 is 0 Å². The Morgan fingerprint density at radius 3 is 2.12 bits per heavy atom. The van der Waals surface area contributed by atoms with E-state index in [9.17, 15) is 12.7 Å². The van der Waals surface area contributed by atoms with Crippen LogP contribution in [0.3, 0.4) is 0 Å². The van der Waals surface area contributed by atoms with Gasteiger partial charge >= 0.3 is 11.9 Å². The number of carbonyl (C=O) groups is 2.